The molecule has 0 radical (unpaired) electrons. The first kappa shape index (κ1) is 25.3. The van der Waals surface area contributed by atoms with Crippen molar-refractivity contribution in [3.8, 4) is 6.07 Å². The van der Waals surface area contributed by atoms with E-state index in [9.17, 15) is 14.9 Å². The fourth-order valence-corrected chi connectivity index (χ4v) is 4.42. The maximum atomic E-state index is 13.4. The Hall–Kier alpha value is -3.37. The number of hydrogen-bond acceptors (Lipinski definition) is 5. The van der Waals surface area contributed by atoms with Gasteiger partial charge in [0.15, 0.2) is 0 Å². The lowest BCUT2D eigenvalue weighted by Crippen LogP contribution is -2.47. The number of likely N-dealkylation sites (N-methyl/N-ethyl adjacent to an activating group) is 2. The van der Waals surface area contributed by atoms with Crippen molar-refractivity contribution in [3.05, 3.63) is 64.2 Å². The molecule has 7 nitrogen and oxygen atoms in total. The third-order valence-electron chi connectivity index (χ3n) is 6.43. The Kier molecular flexibility index (Phi) is 8.67. The minimum Gasteiger partial charge on any atom is -0.353 e. The number of carbonyl (C=O) groups is 2. The van der Waals surface area contributed by atoms with Crippen LogP contribution in [0.4, 0.5) is 5.69 Å². The van der Waals surface area contributed by atoms with Gasteiger partial charge in [0.25, 0.3) is 0 Å². The second-order valence-electron chi connectivity index (χ2n) is 9.01. The summed E-state index contributed by atoms with van der Waals surface area (Å²) < 4.78 is 0. The van der Waals surface area contributed by atoms with Gasteiger partial charge in [-0.3, -0.25) is 9.59 Å². The molecule has 3 rings (SSSR count). The lowest BCUT2D eigenvalue weighted by molar-refractivity contribution is -0.130. The Bertz CT molecular complexity index is 1080. The fourth-order valence-electron chi connectivity index (χ4n) is 4.42. The third-order valence-corrected chi connectivity index (χ3v) is 6.43. The molecule has 2 N–H and O–H groups in total. The summed E-state index contributed by atoms with van der Waals surface area (Å²) in [6.45, 7) is 8.19. The lowest BCUT2D eigenvalue weighted by Gasteiger charge is -2.30. The second-order valence-corrected chi connectivity index (χ2v) is 9.01. The molecule has 0 spiro atoms. The molecule has 0 fully saturated rings. The van der Waals surface area contributed by atoms with E-state index in [1.54, 1.807) is 17.0 Å². The van der Waals surface area contributed by atoms with Crippen LogP contribution in [0.3, 0.4) is 0 Å². The number of benzene rings is 2. The predicted molar refractivity (Wildman–Crippen MR) is 135 cm³/mol. The Morgan fingerprint density at radius 2 is 1.82 bits per heavy atom. The molecule has 7 heteroatoms. The second kappa shape index (κ2) is 11.7. The molecule has 0 heterocycles. The van der Waals surface area contributed by atoms with Crippen LogP contribution in [0.5, 0.6) is 0 Å². The van der Waals surface area contributed by atoms with Gasteiger partial charge < -0.3 is 20.4 Å². The van der Waals surface area contributed by atoms with E-state index in [1.807, 2.05) is 31.9 Å². The van der Waals surface area contributed by atoms with Crippen LogP contribution in [0.1, 0.15) is 34.7 Å². The average Bonchev–Trinajstić information content (AvgIpc) is 3.24. The van der Waals surface area contributed by atoms with Gasteiger partial charge in [0.1, 0.15) is 0 Å². The van der Waals surface area contributed by atoms with Crippen molar-refractivity contribution >= 4 is 17.5 Å². The largest absolute Gasteiger partial charge is 0.353 e. The first-order valence-corrected chi connectivity index (χ1v) is 11.9. The fraction of sp³-hybridized carbons (Fsp3) is 0.444. The number of nitrogens with one attached hydrogen (secondary N) is 2. The van der Waals surface area contributed by atoms with Gasteiger partial charge in [-0.1, -0.05) is 36.8 Å². The first-order chi connectivity index (χ1) is 16.3. The highest BCUT2D eigenvalue weighted by Crippen LogP contribution is 2.27. The summed E-state index contributed by atoms with van der Waals surface area (Å²) in [5.41, 5.74) is 5.98. The zero-order valence-electron chi connectivity index (χ0n) is 20.6. The average molecular weight is 462 g/mol. The van der Waals surface area contributed by atoms with Crippen molar-refractivity contribution in [1.82, 2.24) is 15.5 Å². The molecule has 0 bridgehead atoms. The third kappa shape index (κ3) is 6.36. The molecular weight excluding hydrogens is 426 g/mol. The maximum Gasteiger partial charge on any atom is 0.242 e. The number of fused-ring (bicyclic) bond motifs is 1. The van der Waals surface area contributed by atoms with Gasteiger partial charge in [-0.25, -0.2) is 0 Å². The van der Waals surface area contributed by atoms with Crippen molar-refractivity contribution in [2.45, 2.75) is 39.7 Å². The smallest absolute Gasteiger partial charge is 0.242 e. The predicted octanol–water partition coefficient (Wildman–Crippen LogP) is 2.33. The summed E-state index contributed by atoms with van der Waals surface area (Å²) in [5, 5.41) is 15.5. The monoisotopic (exact) mass is 461 g/mol. The molecular formula is C27H35N5O2. The zero-order valence-corrected chi connectivity index (χ0v) is 20.6. The van der Waals surface area contributed by atoms with E-state index in [1.165, 1.54) is 16.7 Å². The Balaban J connectivity index is 1.73. The van der Waals surface area contributed by atoms with Gasteiger partial charge in [-0.05, 0) is 62.1 Å². The summed E-state index contributed by atoms with van der Waals surface area (Å²) in [5.74, 6) is -0.199. The molecule has 0 aromatic heterocycles. The van der Waals surface area contributed by atoms with E-state index in [4.69, 9.17) is 0 Å². The quantitative estimate of drug-likeness (QED) is 0.530. The number of carbonyl (C=O) groups excluding carboxylic acids is 2. The van der Waals surface area contributed by atoms with Crippen LogP contribution in [0.2, 0.25) is 0 Å². The van der Waals surface area contributed by atoms with Crippen LogP contribution < -0.4 is 15.5 Å². The van der Waals surface area contributed by atoms with Crippen LogP contribution in [0.25, 0.3) is 0 Å². The highest BCUT2D eigenvalue weighted by atomic mass is 16.2. The zero-order chi connectivity index (χ0) is 24.7. The van der Waals surface area contributed by atoms with Crippen molar-refractivity contribution in [2.24, 2.45) is 0 Å². The van der Waals surface area contributed by atoms with Crippen molar-refractivity contribution in [3.63, 3.8) is 0 Å². The van der Waals surface area contributed by atoms with E-state index in [-0.39, 0.29) is 30.9 Å². The van der Waals surface area contributed by atoms with E-state index in [0.717, 1.165) is 30.6 Å². The highest BCUT2D eigenvalue weighted by molar-refractivity contribution is 5.87. The lowest BCUT2D eigenvalue weighted by atomic mass is 10.1. The summed E-state index contributed by atoms with van der Waals surface area (Å²) in [4.78, 5) is 29.6. The number of aryl methyl sites for hydroxylation is 2. The van der Waals surface area contributed by atoms with Gasteiger partial charge in [0, 0.05) is 31.9 Å². The first-order valence-electron chi connectivity index (χ1n) is 11.9. The molecule has 0 aliphatic heterocycles. The number of hydrogen-bond donors (Lipinski definition) is 2. The summed E-state index contributed by atoms with van der Waals surface area (Å²) in [7, 11) is 1.85. The van der Waals surface area contributed by atoms with Gasteiger partial charge in [-0.2, -0.15) is 5.26 Å². The van der Waals surface area contributed by atoms with E-state index in [2.05, 4.69) is 41.8 Å². The Morgan fingerprint density at radius 1 is 1.06 bits per heavy atom. The molecule has 1 unspecified atom stereocenters. The van der Waals surface area contributed by atoms with Gasteiger partial charge in [-0.15, -0.1) is 0 Å². The summed E-state index contributed by atoms with van der Waals surface area (Å²) in [6.07, 6.45) is 1.68. The maximum absolute atomic E-state index is 13.4. The van der Waals surface area contributed by atoms with Crippen LogP contribution in [0.15, 0.2) is 36.4 Å². The molecule has 0 saturated heterocycles. The van der Waals surface area contributed by atoms with Gasteiger partial charge in [0.05, 0.1) is 24.7 Å². The van der Waals surface area contributed by atoms with Crippen LogP contribution >= 0.6 is 0 Å². The standard InChI is InChI=1S/C27H35N5O2/c1-5-29-10-11-30-26(33)17-32(25-13-21(16-28)8-7-20(25)3)18-27(34)31(4)24-14-22-9-6-19(2)12-23(22)15-24/h6-9,12-13,24,29H,5,10-11,14-15,17-18H2,1-4H3,(H,30,33). The van der Waals surface area contributed by atoms with Gasteiger partial charge >= 0.3 is 0 Å². The summed E-state index contributed by atoms with van der Waals surface area (Å²) >= 11 is 0. The van der Waals surface area contributed by atoms with Gasteiger partial charge in [0.2, 0.25) is 11.8 Å². The molecule has 1 aliphatic rings. The highest BCUT2D eigenvalue weighted by Gasteiger charge is 2.29. The number of amides is 2. The Labute approximate surface area is 202 Å². The van der Waals surface area contributed by atoms with Crippen LogP contribution in [-0.4, -0.2) is 62.5 Å². The minimum absolute atomic E-state index is 0.0447. The molecule has 2 aromatic rings. The Morgan fingerprint density at radius 3 is 2.56 bits per heavy atom. The van der Waals surface area contributed by atoms with E-state index in [0.29, 0.717) is 18.7 Å². The van der Waals surface area contributed by atoms with E-state index >= 15 is 0 Å². The molecule has 1 aliphatic carbocycles. The van der Waals surface area contributed by atoms with Crippen molar-refractivity contribution < 1.29 is 9.59 Å². The number of anilines is 1. The SMILES string of the molecule is CCNCCNC(=O)CN(CC(=O)N(C)C1Cc2ccc(C)cc2C1)c1cc(C#N)ccc1C. The normalized spacial score (nSPS) is 14.3. The molecule has 2 amide bonds. The number of rotatable bonds is 10. The van der Waals surface area contributed by atoms with Crippen molar-refractivity contribution in [2.75, 3.05) is 44.7 Å². The van der Waals surface area contributed by atoms with Crippen LogP contribution in [-0.2, 0) is 22.4 Å². The van der Waals surface area contributed by atoms with E-state index < -0.39 is 0 Å². The molecule has 0 saturated carbocycles. The van der Waals surface area contributed by atoms with Crippen LogP contribution in [0, 0.1) is 25.2 Å². The van der Waals surface area contributed by atoms with Crippen molar-refractivity contribution in [1.29, 1.82) is 5.26 Å². The molecule has 2 aromatic carbocycles. The molecule has 1 atom stereocenters. The molecule has 180 valence electrons. The summed E-state index contributed by atoms with van der Waals surface area (Å²) in [6, 6.07) is 14.1. The number of nitriles is 1. The topological polar surface area (TPSA) is 88.5 Å². The number of nitrogens with zero attached hydrogens (tertiary/aromatic N) is 3. The molecule has 34 heavy (non-hydrogen) atoms. The minimum atomic E-state index is -0.154.